The average Bonchev–Trinajstić information content (AvgIpc) is 2.37. The number of nitrogens with one attached hydrogen (secondary N) is 1. The Morgan fingerprint density at radius 1 is 1.40 bits per heavy atom. The van der Waals surface area contributed by atoms with Crippen molar-refractivity contribution >= 4 is 16.0 Å². The summed E-state index contributed by atoms with van der Waals surface area (Å²) in [5, 5.41) is 8.81. The molecule has 7 nitrogen and oxygen atoms in total. The average molecular weight is 307 g/mol. The fourth-order valence-corrected chi connectivity index (χ4v) is 2.46. The van der Waals surface area contributed by atoms with E-state index in [1.807, 2.05) is 0 Å². The van der Waals surface area contributed by atoms with Crippen LogP contribution in [-0.2, 0) is 19.6 Å². The van der Waals surface area contributed by atoms with Crippen LogP contribution in [0.4, 0.5) is 4.39 Å². The predicted molar refractivity (Wildman–Crippen MR) is 66.2 cm³/mol. The number of carboxylic acids is 1. The largest absolute Gasteiger partial charge is 0.478 e. The summed E-state index contributed by atoms with van der Waals surface area (Å²) in [5.41, 5.74) is -0.664. The van der Waals surface area contributed by atoms with Gasteiger partial charge in [0, 0.05) is 12.7 Å². The van der Waals surface area contributed by atoms with Crippen LogP contribution in [0.25, 0.3) is 0 Å². The fraction of sp³-hybridized carbons (Fsp3) is 0.364. The molecule has 0 saturated heterocycles. The van der Waals surface area contributed by atoms with Gasteiger partial charge < -0.3 is 9.84 Å². The van der Waals surface area contributed by atoms with Gasteiger partial charge in [0.05, 0.1) is 23.7 Å². The molecule has 0 heterocycles. The van der Waals surface area contributed by atoms with Crippen molar-refractivity contribution in [2.45, 2.75) is 11.8 Å². The molecule has 1 aromatic carbocycles. The summed E-state index contributed by atoms with van der Waals surface area (Å²) in [6.45, 7) is 1.34. The van der Waals surface area contributed by atoms with Crippen LogP contribution in [-0.4, -0.2) is 39.8 Å². The first-order valence-corrected chi connectivity index (χ1v) is 6.94. The Kier molecular flexibility index (Phi) is 5.57. The maximum Gasteiger partial charge on any atom is 0.335 e. The van der Waals surface area contributed by atoms with Gasteiger partial charge in [-0.15, -0.1) is 0 Å². The van der Waals surface area contributed by atoms with E-state index in [2.05, 4.69) is 9.57 Å². The topological polar surface area (TPSA) is 102 Å². The van der Waals surface area contributed by atoms with Gasteiger partial charge in [0.15, 0.2) is 0 Å². The van der Waals surface area contributed by atoms with Crippen LogP contribution in [0.5, 0.6) is 0 Å². The lowest BCUT2D eigenvalue weighted by molar-refractivity contribution is 0.0438. The van der Waals surface area contributed by atoms with Crippen molar-refractivity contribution in [2.75, 3.05) is 20.3 Å². The van der Waals surface area contributed by atoms with E-state index >= 15 is 0 Å². The molecule has 0 saturated carbocycles. The highest BCUT2D eigenvalue weighted by Crippen LogP contribution is 2.20. The zero-order chi connectivity index (χ0) is 15.3. The van der Waals surface area contributed by atoms with Crippen molar-refractivity contribution in [3.8, 4) is 0 Å². The van der Waals surface area contributed by atoms with Crippen LogP contribution in [0.1, 0.15) is 15.9 Å². The van der Waals surface area contributed by atoms with Crippen molar-refractivity contribution in [1.82, 2.24) is 4.89 Å². The zero-order valence-electron chi connectivity index (χ0n) is 10.8. The third-order valence-electron chi connectivity index (χ3n) is 2.39. The second kappa shape index (κ2) is 6.75. The van der Waals surface area contributed by atoms with E-state index in [-0.39, 0.29) is 18.8 Å². The fourth-order valence-electron chi connectivity index (χ4n) is 1.35. The second-order valence-corrected chi connectivity index (χ2v) is 5.43. The highest BCUT2D eigenvalue weighted by molar-refractivity contribution is 7.89. The minimum absolute atomic E-state index is 0.0458. The first kappa shape index (κ1) is 16.5. The lowest BCUT2D eigenvalue weighted by Gasteiger charge is -2.10. The minimum atomic E-state index is -4.18. The number of rotatable bonds is 7. The lowest BCUT2D eigenvalue weighted by Crippen LogP contribution is -2.27. The summed E-state index contributed by atoms with van der Waals surface area (Å²) in [6.07, 6.45) is 0. The van der Waals surface area contributed by atoms with Crippen LogP contribution in [0.15, 0.2) is 17.0 Å². The van der Waals surface area contributed by atoms with Gasteiger partial charge in [0.25, 0.3) is 10.0 Å². The highest BCUT2D eigenvalue weighted by atomic mass is 32.2. The molecule has 20 heavy (non-hydrogen) atoms. The van der Waals surface area contributed by atoms with Crippen molar-refractivity contribution < 1.29 is 32.3 Å². The van der Waals surface area contributed by atoms with Crippen LogP contribution in [0.2, 0.25) is 0 Å². The number of methoxy groups -OCH3 is 1. The summed E-state index contributed by atoms with van der Waals surface area (Å²) in [6, 6.07) is 1.62. The number of aromatic carboxylic acids is 1. The molecule has 1 rings (SSSR count). The molecule has 2 N–H and O–H groups in total. The Morgan fingerprint density at radius 3 is 2.60 bits per heavy atom. The number of halogens is 1. The monoisotopic (exact) mass is 307 g/mol. The van der Waals surface area contributed by atoms with Gasteiger partial charge in [-0.2, -0.15) is 0 Å². The number of carboxylic acid groups (broad SMARTS) is 1. The molecule has 0 bridgehead atoms. The van der Waals surface area contributed by atoms with E-state index in [4.69, 9.17) is 5.11 Å². The summed E-state index contributed by atoms with van der Waals surface area (Å²) < 4.78 is 42.0. The summed E-state index contributed by atoms with van der Waals surface area (Å²) in [4.78, 5) is 16.8. The Balaban J connectivity index is 3.07. The number of hydrogen-bond acceptors (Lipinski definition) is 5. The summed E-state index contributed by atoms with van der Waals surface area (Å²) in [7, 11) is -2.77. The van der Waals surface area contributed by atoms with Gasteiger partial charge in [0.2, 0.25) is 0 Å². The van der Waals surface area contributed by atoms with E-state index in [0.717, 1.165) is 12.1 Å². The van der Waals surface area contributed by atoms with Crippen molar-refractivity contribution in [1.29, 1.82) is 0 Å². The molecule has 0 aliphatic carbocycles. The second-order valence-electron chi connectivity index (χ2n) is 3.81. The highest BCUT2D eigenvalue weighted by Gasteiger charge is 2.22. The molecule has 0 aliphatic rings. The molecule has 9 heteroatoms. The van der Waals surface area contributed by atoms with Crippen molar-refractivity contribution in [3.05, 3.63) is 29.1 Å². The zero-order valence-corrected chi connectivity index (χ0v) is 11.7. The normalized spacial score (nSPS) is 11.6. The quantitative estimate of drug-likeness (QED) is 0.567. The van der Waals surface area contributed by atoms with E-state index in [0.29, 0.717) is 0 Å². The lowest BCUT2D eigenvalue weighted by atomic mass is 10.1. The van der Waals surface area contributed by atoms with E-state index in [9.17, 15) is 17.6 Å². The molecule has 0 aliphatic heterocycles. The minimum Gasteiger partial charge on any atom is -0.478 e. The third-order valence-corrected chi connectivity index (χ3v) is 3.73. The van der Waals surface area contributed by atoms with Crippen molar-refractivity contribution in [2.24, 2.45) is 0 Å². The van der Waals surface area contributed by atoms with Gasteiger partial charge in [-0.3, -0.25) is 4.84 Å². The molecule has 0 aromatic heterocycles. The maximum atomic E-state index is 13.6. The number of carbonyl (C=O) groups is 1. The summed E-state index contributed by atoms with van der Waals surface area (Å²) >= 11 is 0. The molecule has 112 valence electrons. The van der Waals surface area contributed by atoms with Gasteiger partial charge in [-0.25, -0.2) is 17.6 Å². The van der Waals surface area contributed by atoms with Crippen LogP contribution in [0, 0.1) is 12.7 Å². The van der Waals surface area contributed by atoms with Gasteiger partial charge in [-0.1, -0.05) is 4.89 Å². The number of benzene rings is 1. The first-order valence-electron chi connectivity index (χ1n) is 5.45. The molecule has 0 amide bonds. The Bertz CT molecular complexity index is 601. The van der Waals surface area contributed by atoms with E-state index < -0.39 is 32.3 Å². The Morgan fingerprint density at radius 2 is 2.05 bits per heavy atom. The standard InChI is InChI=1S/C11H14FNO6S/c1-7-9(12)5-8(11(14)15)6-10(7)20(16,17)13-19-4-3-18-2/h5-6,13H,3-4H2,1-2H3,(H,14,15). The third kappa shape index (κ3) is 3.97. The van der Waals surface area contributed by atoms with Crippen LogP contribution < -0.4 is 4.89 Å². The van der Waals surface area contributed by atoms with Crippen LogP contribution in [0.3, 0.4) is 0 Å². The SMILES string of the molecule is COCCONS(=O)(=O)c1cc(C(=O)O)cc(F)c1C. The Hall–Kier alpha value is -1.55. The van der Waals surface area contributed by atoms with E-state index in [1.54, 1.807) is 4.89 Å². The maximum absolute atomic E-state index is 13.6. The molecular formula is C11H14FNO6S. The van der Waals surface area contributed by atoms with Gasteiger partial charge in [0.1, 0.15) is 5.82 Å². The molecule has 0 atom stereocenters. The molecular weight excluding hydrogens is 293 g/mol. The number of ether oxygens (including phenoxy) is 1. The predicted octanol–water partition coefficient (Wildman–Crippen LogP) is 0.689. The molecule has 1 aromatic rings. The molecule has 0 unspecified atom stereocenters. The number of hydrogen-bond donors (Lipinski definition) is 2. The smallest absolute Gasteiger partial charge is 0.335 e. The molecule has 0 spiro atoms. The van der Waals surface area contributed by atoms with E-state index in [1.165, 1.54) is 14.0 Å². The van der Waals surface area contributed by atoms with Gasteiger partial charge >= 0.3 is 5.97 Å². The first-order chi connectivity index (χ1) is 9.29. The Labute approximate surface area is 115 Å². The molecule has 0 radical (unpaired) electrons. The summed E-state index contributed by atoms with van der Waals surface area (Å²) in [5.74, 6) is -2.36. The molecule has 0 fully saturated rings. The van der Waals surface area contributed by atoms with Gasteiger partial charge in [-0.05, 0) is 19.1 Å². The van der Waals surface area contributed by atoms with Crippen LogP contribution >= 0.6 is 0 Å². The van der Waals surface area contributed by atoms with Crippen molar-refractivity contribution in [3.63, 3.8) is 0 Å². The number of sulfonamides is 1.